The molecule has 0 unspecified atom stereocenters. The van der Waals surface area contributed by atoms with Crippen molar-refractivity contribution in [1.29, 1.82) is 0 Å². The van der Waals surface area contributed by atoms with Gasteiger partial charge in [-0.15, -0.1) is 0 Å². The largest absolute Gasteiger partial charge is 0.393 e. The molecule has 108 valence electrons. The Morgan fingerprint density at radius 2 is 1.95 bits per heavy atom. The molecule has 0 saturated heterocycles. The van der Waals surface area contributed by atoms with E-state index < -0.39 is 4.92 Å². The van der Waals surface area contributed by atoms with E-state index in [1.807, 2.05) is 6.07 Å². The van der Waals surface area contributed by atoms with Gasteiger partial charge in [-0.2, -0.15) is 0 Å². The lowest BCUT2D eigenvalue weighted by Gasteiger charge is -2.28. The van der Waals surface area contributed by atoms with Crippen LogP contribution in [0.4, 0.5) is 11.4 Å². The molecular weight excluding hydrogens is 266 g/mol. The van der Waals surface area contributed by atoms with E-state index in [1.54, 1.807) is 12.1 Å². The van der Waals surface area contributed by atoms with Gasteiger partial charge in [0.05, 0.1) is 4.92 Å². The van der Waals surface area contributed by atoms with Crippen LogP contribution < -0.4 is 5.73 Å². The first-order valence-corrected chi connectivity index (χ1v) is 6.95. The molecule has 0 aromatic heterocycles. The minimum absolute atomic E-state index is 0.00934. The summed E-state index contributed by atoms with van der Waals surface area (Å²) in [5.74, 6) is 0. The Morgan fingerprint density at radius 1 is 1.19 bits per heavy atom. The Kier molecular flexibility index (Phi) is 3.58. The van der Waals surface area contributed by atoms with Gasteiger partial charge >= 0.3 is 0 Å². The third-order valence-electron chi connectivity index (χ3n) is 3.91. The van der Waals surface area contributed by atoms with Gasteiger partial charge in [0.15, 0.2) is 0 Å². The van der Waals surface area contributed by atoms with E-state index in [4.69, 9.17) is 5.73 Å². The summed E-state index contributed by atoms with van der Waals surface area (Å²) in [5.41, 5.74) is 9.51. The standard InChI is InChI=1S/C16H17N3O2/c17-15-6-5-12(9-16(15)19(20)21)10-18-8-7-13-3-1-2-4-14(13)11-18/h1-6,9H,7-8,10-11,17H2. The third kappa shape index (κ3) is 2.87. The van der Waals surface area contributed by atoms with E-state index in [-0.39, 0.29) is 11.4 Å². The molecule has 5 heteroatoms. The van der Waals surface area contributed by atoms with Gasteiger partial charge in [0.2, 0.25) is 0 Å². The maximum atomic E-state index is 10.9. The van der Waals surface area contributed by atoms with Crippen molar-refractivity contribution in [2.24, 2.45) is 0 Å². The summed E-state index contributed by atoms with van der Waals surface area (Å²) >= 11 is 0. The molecule has 2 aromatic rings. The molecule has 1 aliphatic rings. The van der Waals surface area contributed by atoms with Crippen LogP contribution in [0.1, 0.15) is 16.7 Å². The highest BCUT2D eigenvalue weighted by molar-refractivity contribution is 5.59. The number of fused-ring (bicyclic) bond motifs is 1. The highest BCUT2D eigenvalue weighted by atomic mass is 16.6. The maximum Gasteiger partial charge on any atom is 0.292 e. The molecular formula is C16H17N3O2. The summed E-state index contributed by atoms with van der Waals surface area (Å²) in [4.78, 5) is 12.8. The van der Waals surface area contributed by atoms with Crippen LogP contribution in [0.2, 0.25) is 0 Å². The molecule has 0 atom stereocenters. The zero-order valence-electron chi connectivity index (χ0n) is 11.7. The van der Waals surface area contributed by atoms with Gasteiger partial charge in [-0.25, -0.2) is 0 Å². The SMILES string of the molecule is Nc1ccc(CN2CCc3ccccc3C2)cc1[N+](=O)[O-]. The van der Waals surface area contributed by atoms with E-state index in [2.05, 4.69) is 29.2 Å². The number of benzene rings is 2. The Bertz CT molecular complexity index is 685. The van der Waals surface area contributed by atoms with Gasteiger partial charge < -0.3 is 5.73 Å². The third-order valence-corrected chi connectivity index (χ3v) is 3.91. The number of anilines is 1. The van der Waals surface area contributed by atoms with Crippen molar-refractivity contribution in [3.8, 4) is 0 Å². The topological polar surface area (TPSA) is 72.4 Å². The smallest absolute Gasteiger partial charge is 0.292 e. The maximum absolute atomic E-state index is 10.9. The molecule has 3 rings (SSSR count). The predicted molar refractivity (Wildman–Crippen MR) is 81.8 cm³/mol. The zero-order chi connectivity index (χ0) is 14.8. The van der Waals surface area contributed by atoms with Crippen molar-refractivity contribution >= 4 is 11.4 Å². The van der Waals surface area contributed by atoms with Crippen LogP contribution in [0.15, 0.2) is 42.5 Å². The molecule has 2 aromatic carbocycles. The minimum atomic E-state index is -0.426. The average Bonchev–Trinajstić information content (AvgIpc) is 2.49. The molecule has 0 bridgehead atoms. The molecule has 1 aliphatic heterocycles. The number of rotatable bonds is 3. The molecule has 2 N–H and O–H groups in total. The Morgan fingerprint density at radius 3 is 2.71 bits per heavy atom. The number of nitrogen functional groups attached to an aromatic ring is 1. The van der Waals surface area contributed by atoms with E-state index >= 15 is 0 Å². The van der Waals surface area contributed by atoms with Gasteiger partial charge in [-0.1, -0.05) is 30.3 Å². The zero-order valence-corrected chi connectivity index (χ0v) is 11.7. The van der Waals surface area contributed by atoms with Crippen LogP contribution in [0.25, 0.3) is 0 Å². The van der Waals surface area contributed by atoms with Crippen LogP contribution >= 0.6 is 0 Å². The fourth-order valence-electron chi connectivity index (χ4n) is 2.79. The average molecular weight is 283 g/mol. The molecule has 0 radical (unpaired) electrons. The van der Waals surface area contributed by atoms with Crippen molar-refractivity contribution in [1.82, 2.24) is 4.90 Å². The fourth-order valence-corrected chi connectivity index (χ4v) is 2.79. The molecule has 0 amide bonds. The van der Waals surface area contributed by atoms with Crippen molar-refractivity contribution < 1.29 is 4.92 Å². The second-order valence-electron chi connectivity index (χ2n) is 5.38. The lowest BCUT2D eigenvalue weighted by Crippen LogP contribution is -2.29. The van der Waals surface area contributed by atoms with Crippen molar-refractivity contribution in [3.05, 3.63) is 69.3 Å². The summed E-state index contributed by atoms with van der Waals surface area (Å²) < 4.78 is 0. The second-order valence-corrected chi connectivity index (χ2v) is 5.38. The van der Waals surface area contributed by atoms with Crippen molar-refractivity contribution in [2.45, 2.75) is 19.5 Å². The van der Waals surface area contributed by atoms with Crippen LogP contribution in [0, 0.1) is 10.1 Å². The number of hydrogen-bond acceptors (Lipinski definition) is 4. The molecule has 5 nitrogen and oxygen atoms in total. The second kappa shape index (κ2) is 5.54. The highest BCUT2D eigenvalue weighted by Crippen LogP contribution is 2.25. The number of nitrogens with two attached hydrogens (primary N) is 1. The van der Waals surface area contributed by atoms with Crippen LogP contribution in [-0.4, -0.2) is 16.4 Å². The summed E-state index contributed by atoms with van der Waals surface area (Å²) in [5, 5.41) is 10.9. The molecule has 21 heavy (non-hydrogen) atoms. The van der Waals surface area contributed by atoms with Gasteiger partial charge in [-0.05, 0) is 29.2 Å². The quantitative estimate of drug-likeness (QED) is 0.534. The summed E-state index contributed by atoms with van der Waals surface area (Å²) in [6.45, 7) is 2.55. The van der Waals surface area contributed by atoms with E-state index in [9.17, 15) is 10.1 Å². The fraction of sp³-hybridized carbons (Fsp3) is 0.250. The Balaban J connectivity index is 1.76. The normalized spacial score (nSPS) is 14.7. The van der Waals surface area contributed by atoms with Gasteiger partial charge in [0, 0.05) is 25.7 Å². The summed E-state index contributed by atoms with van der Waals surface area (Å²) in [6.07, 6.45) is 1.02. The number of hydrogen-bond donors (Lipinski definition) is 1. The van der Waals surface area contributed by atoms with E-state index in [0.29, 0.717) is 6.54 Å². The van der Waals surface area contributed by atoms with Crippen molar-refractivity contribution in [2.75, 3.05) is 12.3 Å². The number of nitro groups is 1. The number of nitrogens with zero attached hydrogens (tertiary/aromatic N) is 2. The molecule has 0 aliphatic carbocycles. The number of nitro benzene ring substituents is 1. The first-order valence-electron chi connectivity index (χ1n) is 6.95. The van der Waals surface area contributed by atoms with Crippen LogP contribution in [0.3, 0.4) is 0 Å². The first kappa shape index (κ1) is 13.6. The van der Waals surface area contributed by atoms with Crippen LogP contribution in [0.5, 0.6) is 0 Å². The van der Waals surface area contributed by atoms with Gasteiger partial charge in [0.25, 0.3) is 5.69 Å². The Hall–Kier alpha value is -2.40. The molecule has 1 heterocycles. The molecule has 0 saturated carbocycles. The van der Waals surface area contributed by atoms with Crippen LogP contribution in [-0.2, 0) is 19.5 Å². The molecule has 0 fully saturated rings. The Labute approximate surface area is 123 Å². The minimum Gasteiger partial charge on any atom is -0.393 e. The monoisotopic (exact) mass is 283 g/mol. The lowest BCUT2D eigenvalue weighted by molar-refractivity contribution is -0.384. The lowest BCUT2D eigenvalue weighted by atomic mass is 9.99. The van der Waals surface area contributed by atoms with Gasteiger partial charge in [-0.3, -0.25) is 15.0 Å². The van der Waals surface area contributed by atoms with Crippen molar-refractivity contribution in [3.63, 3.8) is 0 Å². The predicted octanol–water partition coefficient (Wildman–Crippen LogP) is 2.74. The summed E-state index contributed by atoms with van der Waals surface area (Å²) in [7, 11) is 0. The van der Waals surface area contributed by atoms with E-state index in [1.165, 1.54) is 11.1 Å². The summed E-state index contributed by atoms with van der Waals surface area (Å²) in [6, 6.07) is 13.5. The first-order chi connectivity index (χ1) is 10.1. The van der Waals surface area contributed by atoms with Gasteiger partial charge in [0.1, 0.15) is 5.69 Å². The highest BCUT2D eigenvalue weighted by Gasteiger charge is 2.17. The molecule has 0 spiro atoms. The van der Waals surface area contributed by atoms with E-state index in [0.717, 1.165) is 25.1 Å².